The largest absolute Gasteiger partial charge is 0.488 e. The van der Waals surface area contributed by atoms with Gasteiger partial charge in [-0.1, -0.05) is 17.7 Å². The molecule has 0 aliphatic heterocycles. The lowest BCUT2D eigenvalue weighted by Crippen LogP contribution is -2.04. The van der Waals surface area contributed by atoms with Crippen LogP contribution in [0.15, 0.2) is 30.3 Å². The molecule has 0 unspecified atom stereocenters. The van der Waals surface area contributed by atoms with Crippen LogP contribution in [0.3, 0.4) is 0 Å². The average Bonchev–Trinajstić information content (AvgIpc) is 2.37. The molecule has 0 aliphatic carbocycles. The maximum atomic E-state index is 13.4. The highest BCUT2D eigenvalue weighted by molar-refractivity contribution is 5.39. The van der Waals surface area contributed by atoms with E-state index in [1.807, 2.05) is 13.8 Å². The highest BCUT2D eigenvalue weighted by Gasteiger charge is 2.12. The van der Waals surface area contributed by atoms with Crippen molar-refractivity contribution >= 4 is 0 Å². The third-order valence-electron chi connectivity index (χ3n) is 3.64. The number of aryl methyl sites for hydroxylation is 3. The Labute approximate surface area is 125 Å². The number of aliphatic hydroxyl groups excluding tert-OH is 1. The molecule has 21 heavy (non-hydrogen) atoms. The minimum atomic E-state index is -0.694. The highest BCUT2D eigenvalue weighted by Crippen LogP contribution is 2.27. The van der Waals surface area contributed by atoms with Crippen LogP contribution >= 0.6 is 0 Å². The first-order valence-corrected chi connectivity index (χ1v) is 7.05. The van der Waals surface area contributed by atoms with Crippen LogP contribution in [0.4, 0.5) is 4.39 Å². The van der Waals surface area contributed by atoms with Crippen LogP contribution in [0.1, 0.15) is 40.8 Å². The Morgan fingerprint density at radius 2 is 1.71 bits per heavy atom. The van der Waals surface area contributed by atoms with Gasteiger partial charge in [0.2, 0.25) is 0 Å². The standard InChI is InChI=1S/C18H21FO2/c1-11-7-12(2)17(13(3)8-11)10-21-18-9-15(19)5-6-16(18)14(4)20/h5-9,14,20H,10H2,1-4H3/t14-/m0/s1. The predicted molar refractivity (Wildman–Crippen MR) is 82.0 cm³/mol. The van der Waals surface area contributed by atoms with Crippen molar-refractivity contribution in [1.29, 1.82) is 0 Å². The van der Waals surface area contributed by atoms with Crippen molar-refractivity contribution in [3.63, 3.8) is 0 Å². The Morgan fingerprint density at radius 1 is 1.10 bits per heavy atom. The summed E-state index contributed by atoms with van der Waals surface area (Å²) >= 11 is 0. The number of halogens is 1. The fourth-order valence-corrected chi connectivity index (χ4v) is 2.57. The van der Waals surface area contributed by atoms with Crippen molar-refractivity contribution in [2.45, 2.75) is 40.4 Å². The Balaban J connectivity index is 2.26. The van der Waals surface area contributed by atoms with Crippen molar-refractivity contribution in [3.8, 4) is 5.75 Å². The number of ether oxygens (including phenoxy) is 1. The van der Waals surface area contributed by atoms with Crippen LogP contribution in [0.5, 0.6) is 5.75 Å². The van der Waals surface area contributed by atoms with Crippen molar-refractivity contribution in [2.75, 3.05) is 0 Å². The summed E-state index contributed by atoms with van der Waals surface area (Å²) in [6, 6.07) is 8.42. The topological polar surface area (TPSA) is 29.5 Å². The molecule has 2 aromatic rings. The van der Waals surface area contributed by atoms with Crippen molar-refractivity contribution in [1.82, 2.24) is 0 Å². The third kappa shape index (κ3) is 3.61. The minimum Gasteiger partial charge on any atom is -0.488 e. The van der Waals surface area contributed by atoms with E-state index in [4.69, 9.17) is 4.74 Å². The monoisotopic (exact) mass is 288 g/mol. The first kappa shape index (κ1) is 15.5. The molecule has 1 atom stereocenters. The summed E-state index contributed by atoms with van der Waals surface area (Å²) in [5.74, 6) is 0.0242. The Hall–Kier alpha value is -1.87. The molecule has 2 nitrogen and oxygen atoms in total. The molecule has 0 fully saturated rings. The van der Waals surface area contributed by atoms with E-state index in [0.29, 0.717) is 17.9 Å². The van der Waals surface area contributed by atoms with E-state index < -0.39 is 6.10 Å². The van der Waals surface area contributed by atoms with Gasteiger partial charge in [-0.15, -0.1) is 0 Å². The smallest absolute Gasteiger partial charge is 0.128 e. The van der Waals surface area contributed by atoms with Gasteiger partial charge in [0, 0.05) is 11.6 Å². The van der Waals surface area contributed by atoms with Crippen molar-refractivity contribution in [3.05, 3.63) is 64.0 Å². The van der Waals surface area contributed by atoms with Gasteiger partial charge in [0.05, 0.1) is 6.10 Å². The molecule has 0 heterocycles. The summed E-state index contributed by atoms with van der Waals surface area (Å²) in [7, 11) is 0. The zero-order valence-corrected chi connectivity index (χ0v) is 12.9. The molecule has 0 amide bonds. The molecule has 2 aromatic carbocycles. The van der Waals surface area contributed by atoms with E-state index in [1.54, 1.807) is 13.0 Å². The average molecular weight is 288 g/mol. The summed E-state index contributed by atoms with van der Waals surface area (Å²) in [6.45, 7) is 8.14. The van der Waals surface area contributed by atoms with Gasteiger partial charge in [-0.05, 0) is 56.5 Å². The number of hydrogen-bond acceptors (Lipinski definition) is 2. The van der Waals surface area contributed by atoms with Gasteiger partial charge in [0.25, 0.3) is 0 Å². The van der Waals surface area contributed by atoms with Crippen LogP contribution in [0, 0.1) is 26.6 Å². The van der Waals surface area contributed by atoms with E-state index in [9.17, 15) is 9.50 Å². The van der Waals surface area contributed by atoms with Gasteiger partial charge < -0.3 is 9.84 Å². The molecular weight excluding hydrogens is 267 g/mol. The van der Waals surface area contributed by atoms with E-state index in [2.05, 4.69) is 19.1 Å². The number of benzene rings is 2. The van der Waals surface area contributed by atoms with E-state index >= 15 is 0 Å². The molecule has 2 rings (SSSR count). The first-order chi connectivity index (χ1) is 9.88. The van der Waals surface area contributed by atoms with E-state index in [1.165, 1.54) is 17.7 Å². The molecule has 112 valence electrons. The van der Waals surface area contributed by atoms with Crippen molar-refractivity contribution < 1.29 is 14.2 Å². The SMILES string of the molecule is Cc1cc(C)c(COc2cc(F)ccc2[C@H](C)O)c(C)c1. The van der Waals surface area contributed by atoms with Crippen LogP contribution in [0.25, 0.3) is 0 Å². The molecule has 3 heteroatoms. The van der Waals surface area contributed by atoms with Crippen LogP contribution in [0.2, 0.25) is 0 Å². The normalized spacial score (nSPS) is 12.3. The van der Waals surface area contributed by atoms with Crippen molar-refractivity contribution in [2.24, 2.45) is 0 Å². The van der Waals surface area contributed by atoms with E-state index in [-0.39, 0.29) is 5.82 Å². The maximum Gasteiger partial charge on any atom is 0.128 e. The lowest BCUT2D eigenvalue weighted by Gasteiger charge is -2.16. The van der Waals surface area contributed by atoms with Gasteiger partial charge in [0.1, 0.15) is 18.2 Å². The molecule has 0 radical (unpaired) electrons. The number of hydrogen-bond donors (Lipinski definition) is 1. The summed E-state index contributed by atoms with van der Waals surface area (Å²) < 4.78 is 19.2. The van der Waals surface area contributed by atoms with Gasteiger partial charge in [-0.2, -0.15) is 0 Å². The first-order valence-electron chi connectivity index (χ1n) is 7.05. The second kappa shape index (κ2) is 6.27. The van der Waals surface area contributed by atoms with Gasteiger partial charge in [-0.3, -0.25) is 0 Å². The molecule has 0 saturated carbocycles. The van der Waals surface area contributed by atoms with Gasteiger partial charge in [0.15, 0.2) is 0 Å². The summed E-state index contributed by atoms with van der Waals surface area (Å²) in [5.41, 5.74) is 5.22. The molecule has 0 spiro atoms. The molecule has 1 N–H and O–H groups in total. The molecule has 0 saturated heterocycles. The zero-order chi connectivity index (χ0) is 15.6. The summed E-state index contributed by atoms with van der Waals surface area (Å²) in [6.07, 6.45) is -0.694. The zero-order valence-electron chi connectivity index (χ0n) is 12.9. The second-order valence-electron chi connectivity index (χ2n) is 5.52. The quantitative estimate of drug-likeness (QED) is 0.904. The number of aliphatic hydroxyl groups is 1. The Bertz CT molecular complexity index is 625. The van der Waals surface area contributed by atoms with Crippen LogP contribution in [-0.4, -0.2) is 5.11 Å². The fourth-order valence-electron chi connectivity index (χ4n) is 2.57. The third-order valence-corrected chi connectivity index (χ3v) is 3.64. The molecule has 0 bridgehead atoms. The maximum absolute atomic E-state index is 13.4. The molecule has 0 aromatic heterocycles. The minimum absolute atomic E-state index is 0.362. The highest BCUT2D eigenvalue weighted by atomic mass is 19.1. The van der Waals surface area contributed by atoms with Gasteiger partial charge >= 0.3 is 0 Å². The molecular formula is C18H21FO2. The number of rotatable bonds is 4. The Kier molecular flexibility index (Phi) is 4.63. The van der Waals surface area contributed by atoms with E-state index in [0.717, 1.165) is 16.7 Å². The predicted octanol–water partition coefficient (Wildman–Crippen LogP) is 4.38. The Morgan fingerprint density at radius 3 is 2.29 bits per heavy atom. The lowest BCUT2D eigenvalue weighted by molar-refractivity contribution is 0.189. The molecule has 0 aliphatic rings. The second-order valence-corrected chi connectivity index (χ2v) is 5.52. The summed E-state index contributed by atoms with van der Waals surface area (Å²) in [4.78, 5) is 0. The fraction of sp³-hybridized carbons (Fsp3) is 0.333. The van der Waals surface area contributed by atoms with Gasteiger partial charge in [-0.25, -0.2) is 4.39 Å². The van der Waals surface area contributed by atoms with Crippen LogP contribution < -0.4 is 4.74 Å². The lowest BCUT2D eigenvalue weighted by atomic mass is 10.0. The van der Waals surface area contributed by atoms with Crippen LogP contribution in [-0.2, 0) is 6.61 Å². The summed E-state index contributed by atoms with van der Waals surface area (Å²) in [5, 5.41) is 9.74.